The number of nitrogens with zero attached hydrogens (tertiary/aromatic N) is 2. The van der Waals surface area contributed by atoms with Crippen molar-refractivity contribution in [2.75, 3.05) is 0 Å². The summed E-state index contributed by atoms with van der Waals surface area (Å²) in [5, 5.41) is 9.45. The van der Waals surface area contributed by atoms with Gasteiger partial charge in [0, 0.05) is 12.0 Å². The van der Waals surface area contributed by atoms with Crippen LogP contribution in [0.5, 0.6) is 0 Å². The van der Waals surface area contributed by atoms with Crippen LogP contribution in [0.4, 0.5) is 0 Å². The molecule has 0 aliphatic heterocycles. The zero-order valence-corrected chi connectivity index (χ0v) is 13.3. The smallest absolute Gasteiger partial charge is 0.337 e. The second-order valence-electron chi connectivity index (χ2n) is 6.52. The molecule has 0 fully saturated rings. The summed E-state index contributed by atoms with van der Waals surface area (Å²) in [6.07, 6.45) is 3.32. The standard InChI is InChI=1S/C17H24N2O2/c1-5-6-7-11-19-14-12(15(20)21)9-8-10-13(14)18-16(19)17(2,3)4/h8-10H,5-7,11H2,1-4H3,(H,20,21). The summed E-state index contributed by atoms with van der Waals surface area (Å²) >= 11 is 0. The van der Waals surface area contributed by atoms with Crippen LogP contribution in [0.2, 0.25) is 0 Å². The minimum Gasteiger partial charge on any atom is -0.478 e. The van der Waals surface area contributed by atoms with E-state index >= 15 is 0 Å². The van der Waals surface area contributed by atoms with Crippen molar-refractivity contribution in [2.24, 2.45) is 0 Å². The van der Waals surface area contributed by atoms with Crippen LogP contribution >= 0.6 is 0 Å². The van der Waals surface area contributed by atoms with Crippen LogP contribution in [0.3, 0.4) is 0 Å². The summed E-state index contributed by atoms with van der Waals surface area (Å²) in [6.45, 7) is 9.33. The quantitative estimate of drug-likeness (QED) is 0.838. The molecular weight excluding hydrogens is 264 g/mol. The number of fused-ring (bicyclic) bond motifs is 1. The number of aromatic carboxylic acids is 1. The number of hydrogen-bond acceptors (Lipinski definition) is 2. The molecule has 0 bridgehead atoms. The molecule has 0 aliphatic carbocycles. The number of aromatic nitrogens is 2. The average molecular weight is 288 g/mol. The number of carboxylic acids is 1. The molecule has 0 aliphatic rings. The van der Waals surface area contributed by atoms with E-state index < -0.39 is 5.97 Å². The molecule has 0 saturated carbocycles. The molecule has 0 amide bonds. The molecule has 0 radical (unpaired) electrons. The molecule has 4 nitrogen and oxygen atoms in total. The molecule has 1 aromatic carbocycles. The first-order chi connectivity index (χ1) is 9.86. The van der Waals surface area contributed by atoms with Crippen molar-refractivity contribution in [2.45, 2.75) is 58.9 Å². The number of para-hydroxylation sites is 1. The zero-order chi connectivity index (χ0) is 15.6. The summed E-state index contributed by atoms with van der Waals surface area (Å²) in [5.74, 6) is 0.0694. The second-order valence-corrected chi connectivity index (χ2v) is 6.52. The maximum atomic E-state index is 11.5. The first kappa shape index (κ1) is 15.5. The van der Waals surface area contributed by atoms with Gasteiger partial charge in [-0.25, -0.2) is 9.78 Å². The minimum atomic E-state index is -0.891. The van der Waals surface area contributed by atoms with E-state index in [2.05, 4.69) is 32.3 Å². The number of aryl methyl sites for hydroxylation is 1. The molecule has 114 valence electrons. The first-order valence-corrected chi connectivity index (χ1v) is 7.59. The highest BCUT2D eigenvalue weighted by molar-refractivity contribution is 6.01. The molecule has 1 N–H and O–H groups in total. The molecule has 0 atom stereocenters. The van der Waals surface area contributed by atoms with Gasteiger partial charge in [0.2, 0.25) is 0 Å². The predicted octanol–water partition coefficient (Wildman–Crippen LogP) is 4.22. The molecule has 0 saturated heterocycles. The molecule has 2 aromatic rings. The van der Waals surface area contributed by atoms with Gasteiger partial charge >= 0.3 is 5.97 Å². The van der Waals surface area contributed by atoms with E-state index in [-0.39, 0.29) is 5.41 Å². The lowest BCUT2D eigenvalue weighted by Crippen LogP contribution is -2.19. The van der Waals surface area contributed by atoms with Gasteiger partial charge in [0.15, 0.2) is 0 Å². The number of carboxylic acid groups (broad SMARTS) is 1. The van der Waals surface area contributed by atoms with Crippen LogP contribution in [-0.2, 0) is 12.0 Å². The Balaban J connectivity index is 2.65. The third-order valence-electron chi connectivity index (χ3n) is 3.65. The van der Waals surface area contributed by atoms with Gasteiger partial charge in [-0.2, -0.15) is 0 Å². The van der Waals surface area contributed by atoms with Crippen LogP contribution in [0.25, 0.3) is 11.0 Å². The molecule has 1 heterocycles. The average Bonchev–Trinajstić information content (AvgIpc) is 2.78. The Labute approximate surface area is 125 Å². The molecular formula is C17H24N2O2. The lowest BCUT2D eigenvalue weighted by atomic mass is 9.95. The van der Waals surface area contributed by atoms with Gasteiger partial charge in [-0.05, 0) is 18.6 Å². The highest BCUT2D eigenvalue weighted by atomic mass is 16.4. The van der Waals surface area contributed by atoms with Crippen LogP contribution in [0.15, 0.2) is 18.2 Å². The molecule has 4 heteroatoms. The van der Waals surface area contributed by atoms with Crippen molar-refractivity contribution in [1.29, 1.82) is 0 Å². The predicted molar refractivity (Wildman–Crippen MR) is 84.9 cm³/mol. The summed E-state index contributed by atoms with van der Waals surface area (Å²) in [7, 11) is 0. The zero-order valence-electron chi connectivity index (χ0n) is 13.3. The fourth-order valence-electron chi connectivity index (χ4n) is 2.67. The number of unbranched alkanes of at least 4 members (excludes halogenated alkanes) is 2. The van der Waals surface area contributed by atoms with E-state index in [1.807, 2.05) is 6.07 Å². The van der Waals surface area contributed by atoms with Crippen LogP contribution in [0, 0.1) is 0 Å². The van der Waals surface area contributed by atoms with Crippen molar-refractivity contribution >= 4 is 17.0 Å². The van der Waals surface area contributed by atoms with E-state index in [1.165, 1.54) is 0 Å². The Hall–Kier alpha value is -1.84. The second kappa shape index (κ2) is 5.88. The number of carbonyl (C=O) groups is 1. The summed E-state index contributed by atoms with van der Waals surface area (Å²) in [5.41, 5.74) is 1.76. The number of rotatable bonds is 5. The Morgan fingerprint density at radius 2 is 2.00 bits per heavy atom. The minimum absolute atomic E-state index is 0.110. The van der Waals surface area contributed by atoms with E-state index in [0.29, 0.717) is 5.56 Å². The monoisotopic (exact) mass is 288 g/mol. The van der Waals surface area contributed by atoms with Crippen LogP contribution < -0.4 is 0 Å². The third-order valence-corrected chi connectivity index (χ3v) is 3.65. The fourth-order valence-corrected chi connectivity index (χ4v) is 2.67. The number of benzene rings is 1. The molecule has 0 spiro atoms. The molecule has 1 aromatic heterocycles. The Morgan fingerprint density at radius 1 is 1.29 bits per heavy atom. The van der Waals surface area contributed by atoms with Gasteiger partial charge in [0.25, 0.3) is 0 Å². The number of imidazole rings is 1. The topological polar surface area (TPSA) is 55.1 Å². The van der Waals surface area contributed by atoms with Gasteiger partial charge in [-0.15, -0.1) is 0 Å². The van der Waals surface area contributed by atoms with Gasteiger partial charge < -0.3 is 9.67 Å². The van der Waals surface area contributed by atoms with Gasteiger partial charge in [-0.3, -0.25) is 0 Å². The Bertz CT molecular complexity index is 651. The molecule has 2 rings (SSSR count). The molecule has 0 unspecified atom stereocenters. The highest BCUT2D eigenvalue weighted by Gasteiger charge is 2.25. The molecule has 21 heavy (non-hydrogen) atoms. The van der Waals surface area contributed by atoms with Crippen molar-refractivity contribution in [3.63, 3.8) is 0 Å². The lowest BCUT2D eigenvalue weighted by molar-refractivity contribution is 0.0698. The van der Waals surface area contributed by atoms with Gasteiger partial charge in [-0.1, -0.05) is 46.6 Å². The number of hydrogen-bond donors (Lipinski definition) is 1. The third kappa shape index (κ3) is 3.09. The van der Waals surface area contributed by atoms with Crippen molar-refractivity contribution in [1.82, 2.24) is 9.55 Å². The fraction of sp³-hybridized carbons (Fsp3) is 0.529. The Morgan fingerprint density at radius 3 is 2.57 bits per heavy atom. The Kier molecular flexibility index (Phi) is 4.35. The summed E-state index contributed by atoms with van der Waals surface area (Å²) < 4.78 is 2.11. The summed E-state index contributed by atoms with van der Waals surface area (Å²) in [4.78, 5) is 16.2. The first-order valence-electron chi connectivity index (χ1n) is 7.59. The highest BCUT2D eigenvalue weighted by Crippen LogP contribution is 2.29. The SMILES string of the molecule is CCCCCn1c(C(C)(C)C)nc2cccc(C(=O)O)c21. The normalized spacial score (nSPS) is 12.0. The van der Waals surface area contributed by atoms with Gasteiger partial charge in [0.05, 0.1) is 16.6 Å². The summed E-state index contributed by atoms with van der Waals surface area (Å²) in [6, 6.07) is 5.32. The van der Waals surface area contributed by atoms with Crippen LogP contribution in [0.1, 0.15) is 63.1 Å². The van der Waals surface area contributed by atoms with Gasteiger partial charge in [0.1, 0.15) is 5.82 Å². The maximum Gasteiger partial charge on any atom is 0.337 e. The largest absolute Gasteiger partial charge is 0.478 e. The van der Waals surface area contributed by atoms with E-state index in [1.54, 1.807) is 12.1 Å². The van der Waals surface area contributed by atoms with E-state index in [4.69, 9.17) is 4.98 Å². The van der Waals surface area contributed by atoms with Crippen molar-refractivity contribution in [3.8, 4) is 0 Å². The van der Waals surface area contributed by atoms with E-state index in [9.17, 15) is 9.90 Å². The lowest BCUT2D eigenvalue weighted by Gasteiger charge is -2.20. The van der Waals surface area contributed by atoms with Crippen molar-refractivity contribution < 1.29 is 9.90 Å². The van der Waals surface area contributed by atoms with Crippen molar-refractivity contribution in [3.05, 3.63) is 29.6 Å². The van der Waals surface area contributed by atoms with Crippen LogP contribution in [-0.4, -0.2) is 20.6 Å². The van der Waals surface area contributed by atoms with E-state index in [0.717, 1.165) is 42.7 Å². The maximum absolute atomic E-state index is 11.5.